The topological polar surface area (TPSA) is 115 Å². The Labute approximate surface area is 175 Å². The lowest BCUT2D eigenvalue weighted by Crippen LogP contribution is -2.29. The maximum Gasteiger partial charge on any atom is 0.295 e. The highest BCUT2D eigenvalue weighted by Crippen LogP contribution is 2.35. The normalized spacial score (nSPS) is 13.4. The molecule has 0 radical (unpaired) electrons. The molecule has 0 fully saturated rings. The lowest BCUT2D eigenvalue weighted by atomic mass is 10.1. The third-order valence-corrected chi connectivity index (χ3v) is 5.05. The van der Waals surface area contributed by atoms with Crippen LogP contribution in [0.4, 0.5) is 11.4 Å². The van der Waals surface area contributed by atoms with Crippen molar-refractivity contribution < 1.29 is 19.5 Å². The minimum absolute atomic E-state index is 0.150. The second kappa shape index (κ2) is 7.03. The highest BCUT2D eigenvalue weighted by molar-refractivity contribution is 6.34. The van der Waals surface area contributed by atoms with Gasteiger partial charge in [0.25, 0.3) is 17.7 Å². The van der Waals surface area contributed by atoms with Crippen molar-refractivity contribution in [2.45, 2.75) is 0 Å². The third kappa shape index (κ3) is 2.98. The van der Waals surface area contributed by atoms with Gasteiger partial charge in [0.05, 0.1) is 22.3 Å². The molecular formula is C23H14N4O4. The van der Waals surface area contributed by atoms with Crippen molar-refractivity contribution in [3.8, 4) is 5.88 Å². The van der Waals surface area contributed by atoms with Crippen molar-refractivity contribution in [1.29, 1.82) is 0 Å². The molecule has 2 heterocycles. The average molecular weight is 410 g/mol. The summed E-state index contributed by atoms with van der Waals surface area (Å²) < 4.78 is 0. The quantitative estimate of drug-likeness (QED) is 0.379. The number of anilines is 1. The van der Waals surface area contributed by atoms with Gasteiger partial charge in [-0.25, -0.2) is 4.90 Å². The van der Waals surface area contributed by atoms with Crippen LogP contribution in [0.1, 0.15) is 31.1 Å². The number of aromatic hydroxyl groups is 1. The van der Waals surface area contributed by atoms with Crippen molar-refractivity contribution in [3.63, 3.8) is 0 Å². The first-order chi connectivity index (χ1) is 15.0. The summed E-state index contributed by atoms with van der Waals surface area (Å²) in [7, 11) is 0. The monoisotopic (exact) mass is 410 g/mol. The minimum Gasteiger partial charge on any atom is -0.493 e. The number of nitrogens with zero attached hydrogens (tertiary/aromatic N) is 3. The Kier molecular flexibility index (Phi) is 4.18. The van der Waals surface area contributed by atoms with E-state index in [0.29, 0.717) is 22.0 Å². The Balaban J connectivity index is 1.45. The van der Waals surface area contributed by atoms with Gasteiger partial charge >= 0.3 is 0 Å². The predicted molar refractivity (Wildman–Crippen MR) is 113 cm³/mol. The molecule has 3 aromatic carbocycles. The number of carbonyl (C=O) groups excluding carboxylic acids is 3. The Morgan fingerprint density at radius 1 is 0.871 bits per heavy atom. The van der Waals surface area contributed by atoms with Crippen molar-refractivity contribution in [1.82, 2.24) is 4.98 Å². The molecular weight excluding hydrogens is 396 g/mol. The van der Waals surface area contributed by atoms with Crippen molar-refractivity contribution >= 4 is 40.0 Å². The maximum atomic E-state index is 12.7. The van der Waals surface area contributed by atoms with Crippen molar-refractivity contribution in [3.05, 3.63) is 89.5 Å². The molecule has 0 bridgehead atoms. The van der Waals surface area contributed by atoms with E-state index in [9.17, 15) is 19.5 Å². The van der Waals surface area contributed by atoms with Gasteiger partial charge in [0.15, 0.2) is 5.69 Å². The number of para-hydroxylation sites is 1. The fraction of sp³-hybridized carbons (Fsp3) is 0. The molecule has 1 aliphatic heterocycles. The van der Waals surface area contributed by atoms with E-state index in [1.807, 2.05) is 0 Å². The molecule has 8 heteroatoms. The van der Waals surface area contributed by atoms with Gasteiger partial charge < -0.3 is 10.1 Å². The fourth-order valence-corrected chi connectivity index (χ4v) is 3.57. The summed E-state index contributed by atoms with van der Waals surface area (Å²) in [6.45, 7) is 0. The molecule has 31 heavy (non-hydrogen) atoms. The number of hydrogen-bond donors (Lipinski definition) is 2. The first kappa shape index (κ1) is 18.4. The van der Waals surface area contributed by atoms with E-state index in [1.54, 1.807) is 60.7 Å². The molecule has 0 saturated heterocycles. The largest absolute Gasteiger partial charge is 0.493 e. The molecule has 1 aliphatic rings. The zero-order valence-electron chi connectivity index (χ0n) is 15.9. The Morgan fingerprint density at radius 3 is 2.29 bits per heavy atom. The van der Waals surface area contributed by atoms with Gasteiger partial charge in [0.1, 0.15) is 0 Å². The van der Waals surface area contributed by atoms with E-state index in [4.69, 9.17) is 0 Å². The number of H-pyrrole nitrogens is 1. The second-order valence-electron chi connectivity index (χ2n) is 6.91. The highest BCUT2D eigenvalue weighted by Gasteiger charge is 2.36. The van der Waals surface area contributed by atoms with E-state index in [2.05, 4.69) is 15.2 Å². The van der Waals surface area contributed by atoms with Crippen LogP contribution in [0.5, 0.6) is 5.88 Å². The third-order valence-electron chi connectivity index (χ3n) is 5.05. The summed E-state index contributed by atoms with van der Waals surface area (Å²) in [5, 5.41) is 18.3. The second-order valence-corrected chi connectivity index (χ2v) is 6.91. The molecule has 0 aliphatic carbocycles. The van der Waals surface area contributed by atoms with E-state index in [0.717, 1.165) is 4.90 Å². The molecule has 150 valence electrons. The summed E-state index contributed by atoms with van der Waals surface area (Å²) in [5.41, 5.74) is 1.87. The number of amides is 3. The molecule has 3 amide bonds. The van der Waals surface area contributed by atoms with E-state index >= 15 is 0 Å². The zero-order chi connectivity index (χ0) is 21.5. The molecule has 8 nitrogen and oxygen atoms in total. The van der Waals surface area contributed by atoms with Gasteiger partial charge in [-0.1, -0.05) is 36.4 Å². The summed E-state index contributed by atoms with van der Waals surface area (Å²) in [6, 6.07) is 19.7. The number of hydrogen-bond acceptors (Lipinski definition) is 5. The van der Waals surface area contributed by atoms with E-state index in [-0.39, 0.29) is 22.8 Å². The number of nitrogens with one attached hydrogen (secondary N) is 1. The van der Waals surface area contributed by atoms with Crippen LogP contribution in [0.3, 0.4) is 0 Å². The standard InChI is InChI=1S/C23H14N4O4/c28-20(26-25-19-17-10-3-4-11-18(17)24-21(19)29)13-6-5-7-14(12-13)27-22(30)15-8-1-2-9-16(15)23(27)31/h1-12,24,29H. The van der Waals surface area contributed by atoms with Gasteiger partial charge in [-0.3, -0.25) is 14.4 Å². The van der Waals surface area contributed by atoms with Crippen LogP contribution in [0, 0.1) is 0 Å². The van der Waals surface area contributed by atoms with Gasteiger partial charge in [0, 0.05) is 10.9 Å². The lowest BCUT2D eigenvalue weighted by molar-refractivity contribution is 0.0923. The van der Waals surface area contributed by atoms with Crippen molar-refractivity contribution in [2.75, 3.05) is 4.90 Å². The van der Waals surface area contributed by atoms with Gasteiger partial charge in [0.2, 0.25) is 5.88 Å². The number of aromatic amines is 1. The molecule has 5 rings (SSSR count). The molecule has 0 atom stereocenters. The lowest BCUT2D eigenvalue weighted by Gasteiger charge is -2.14. The van der Waals surface area contributed by atoms with Gasteiger partial charge in [-0.05, 0) is 36.4 Å². The summed E-state index contributed by atoms with van der Waals surface area (Å²) >= 11 is 0. The first-order valence-corrected chi connectivity index (χ1v) is 9.38. The average Bonchev–Trinajstić information content (AvgIpc) is 3.25. The van der Waals surface area contributed by atoms with Crippen LogP contribution in [0.2, 0.25) is 0 Å². The smallest absolute Gasteiger partial charge is 0.295 e. The summed E-state index contributed by atoms with van der Waals surface area (Å²) in [6.07, 6.45) is 0. The highest BCUT2D eigenvalue weighted by atomic mass is 16.3. The number of imide groups is 1. The van der Waals surface area contributed by atoms with Crippen LogP contribution < -0.4 is 4.90 Å². The number of benzene rings is 3. The SMILES string of the molecule is O=C(N=Nc1c(O)[nH]c2ccccc12)c1cccc(N2C(=O)c3ccccc3C2=O)c1. The predicted octanol–water partition coefficient (Wildman–Crippen LogP) is 4.60. The Hall–Kier alpha value is -4.59. The number of azo groups is 1. The van der Waals surface area contributed by atoms with E-state index < -0.39 is 17.7 Å². The van der Waals surface area contributed by atoms with Crippen LogP contribution in [0.15, 0.2) is 83.0 Å². The zero-order valence-corrected chi connectivity index (χ0v) is 15.9. The first-order valence-electron chi connectivity index (χ1n) is 9.38. The van der Waals surface area contributed by atoms with E-state index in [1.165, 1.54) is 12.1 Å². The summed E-state index contributed by atoms with van der Waals surface area (Å²) in [4.78, 5) is 41.7. The summed E-state index contributed by atoms with van der Waals surface area (Å²) in [5.74, 6) is -1.77. The Bertz CT molecular complexity index is 1390. The van der Waals surface area contributed by atoms with Gasteiger partial charge in [-0.15, -0.1) is 10.2 Å². The fourth-order valence-electron chi connectivity index (χ4n) is 3.57. The molecule has 0 spiro atoms. The Morgan fingerprint density at radius 2 is 1.55 bits per heavy atom. The van der Waals surface area contributed by atoms with Gasteiger partial charge in [-0.2, -0.15) is 0 Å². The molecule has 1 aromatic heterocycles. The van der Waals surface area contributed by atoms with Crippen LogP contribution in [-0.2, 0) is 0 Å². The minimum atomic E-state index is -0.678. The maximum absolute atomic E-state index is 12.7. The number of rotatable bonds is 3. The van der Waals surface area contributed by atoms with Crippen LogP contribution >= 0.6 is 0 Å². The van der Waals surface area contributed by atoms with Crippen molar-refractivity contribution in [2.24, 2.45) is 10.2 Å². The van der Waals surface area contributed by atoms with Crippen LogP contribution in [-0.4, -0.2) is 27.8 Å². The molecule has 0 unspecified atom stereocenters. The number of aromatic nitrogens is 1. The number of carbonyl (C=O) groups is 3. The molecule has 4 aromatic rings. The number of fused-ring (bicyclic) bond motifs is 2. The molecule has 0 saturated carbocycles. The van der Waals surface area contributed by atoms with Crippen LogP contribution in [0.25, 0.3) is 10.9 Å². The molecule has 2 N–H and O–H groups in total.